The van der Waals surface area contributed by atoms with Gasteiger partial charge >= 0.3 is 0 Å². The minimum atomic E-state index is -0.157. The van der Waals surface area contributed by atoms with E-state index >= 15 is 0 Å². The molecule has 7 heteroatoms. The van der Waals surface area contributed by atoms with Crippen LogP contribution in [0.4, 0.5) is 17.1 Å². The molecule has 1 fully saturated rings. The average molecular weight is 388 g/mol. The van der Waals surface area contributed by atoms with Crippen molar-refractivity contribution in [1.29, 1.82) is 0 Å². The molecule has 134 valence electrons. The van der Waals surface area contributed by atoms with Crippen LogP contribution in [-0.4, -0.2) is 16.9 Å². The molecule has 0 saturated carbocycles. The van der Waals surface area contributed by atoms with Crippen molar-refractivity contribution in [2.75, 3.05) is 15.5 Å². The van der Waals surface area contributed by atoms with Gasteiger partial charge in [0.2, 0.25) is 11.8 Å². The van der Waals surface area contributed by atoms with E-state index in [0.717, 1.165) is 16.9 Å². The third kappa shape index (κ3) is 4.03. The normalized spacial score (nSPS) is 14.3. The number of amides is 2. The van der Waals surface area contributed by atoms with Crippen LogP contribution < -0.4 is 15.5 Å². The predicted octanol–water partition coefficient (Wildman–Crippen LogP) is 4.50. The molecule has 1 saturated heterocycles. The van der Waals surface area contributed by atoms with Crippen LogP contribution in [0.15, 0.2) is 42.5 Å². The van der Waals surface area contributed by atoms with Crippen LogP contribution in [-0.2, 0) is 9.59 Å². The Morgan fingerprint density at radius 3 is 2.35 bits per heavy atom. The van der Waals surface area contributed by atoms with Crippen LogP contribution in [0.25, 0.3) is 0 Å². The van der Waals surface area contributed by atoms with Gasteiger partial charge in [-0.3, -0.25) is 14.5 Å². The number of imide groups is 1. The van der Waals surface area contributed by atoms with E-state index in [0.29, 0.717) is 35.1 Å². The van der Waals surface area contributed by atoms with Crippen LogP contribution >= 0.6 is 23.8 Å². The molecule has 0 aliphatic carbocycles. The predicted molar refractivity (Wildman–Crippen MR) is 109 cm³/mol. The molecule has 0 spiro atoms. The summed E-state index contributed by atoms with van der Waals surface area (Å²) in [6.45, 7) is 1.91. The fraction of sp³-hybridized carbons (Fsp3) is 0.211. The number of hydrogen-bond donors (Lipinski definition) is 2. The molecule has 0 atom stereocenters. The molecule has 26 heavy (non-hydrogen) atoms. The van der Waals surface area contributed by atoms with Crippen LogP contribution in [0.1, 0.15) is 24.8 Å². The van der Waals surface area contributed by atoms with Crippen LogP contribution in [0, 0.1) is 6.92 Å². The van der Waals surface area contributed by atoms with Crippen molar-refractivity contribution in [2.45, 2.75) is 26.2 Å². The number of halogens is 1. The van der Waals surface area contributed by atoms with Crippen molar-refractivity contribution < 1.29 is 9.59 Å². The average Bonchev–Trinajstić information content (AvgIpc) is 2.60. The molecule has 0 aromatic heterocycles. The number of rotatable bonds is 3. The van der Waals surface area contributed by atoms with Gasteiger partial charge in [-0.05, 0) is 67.5 Å². The Kier molecular flexibility index (Phi) is 5.54. The van der Waals surface area contributed by atoms with Crippen LogP contribution in [0.3, 0.4) is 0 Å². The molecule has 0 unspecified atom stereocenters. The van der Waals surface area contributed by atoms with Gasteiger partial charge in [-0.1, -0.05) is 17.7 Å². The van der Waals surface area contributed by atoms with E-state index in [-0.39, 0.29) is 11.8 Å². The maximum atomic E-state index is 12.0. The number of carbonyl (C=O) groups is 2. The van der Waals surface area contributed by atoms with Crippen LogP contribution in [0.2, 0.25) is 5.02 Å². The summed E-state index contributed by atoms with van der Waals surface area (Å²) in [5.41, 5.74) is 3.07. The minimum Gasteiger partial charge on any atom is -0.332 e. The zero-order valence-corrected chi connectivity index (χ0v) is 15.8. The van der Waals surface area contributed by atoms with Gasteiger partial charge < -0.3 is 10.6 Å². The second-order valence-electron chi connectivity index (χ2n) is 6.01. The summed E-state index contributed by atoms with van der Waals surface area (Å²) in [5.74, 6) is -0.314. The van der Waals surface area contributed by atoms with E-state index in [1.54, 1.807) is 24.3 Å². The molecule has 3 rings (SSSR count). The van der Waals surface area contributed by atoms with Crippen LogP contribution in [0.5, 0.6) is 0 Å². The van der Waals surface area contributed by atoms with Crippen molar-refractivity contribution in [2.24, 2.45) is 0 Å². The zero-order chi connectivity index (χ0) is 18.7. The lowest BCUT2D eigenvalue weighted by atomic mass is 10.1. The third-order valence-electron chi connectivity index (χ3n) is 4.18. The minimum absolute atomic E-state index is 0.157. The molecule has 0 radical (unpaired) electrons. The second kappa shape index (κ2) is 7.85. The van der Waals surface area contributed by atoms with E-state index < -0.39 is 0 Å². The highest BCUT2D eigenvalue weighted by Gasteiger charge is 2.27. The summed E-state index contributed by atoms with van der Waals surface area (Å²) >= 11 is 11.4. The first-order chi connectivity index (χ1) is 12.5. The molecular weight excluding hydrogens is 370 g/mol. The van der Waals surface area contributed by atoms with E-state index in [9.17, 15) is 9.59 Å². The smallest absolute Gasteiger partial charge is 0.233 e. The molecule has 2 amide bonds. The van der Waals surface area contributed by atoms with Gasteiger partial charge in [0.05, 0.1) is 5.69 Å². The summed E-state index contributed by atoms with van der Waals surface area (Å²) in [6.07, 6.45) is 1.42. The van der Waals surface area contributed by atoms with E-state index in [4.69, 9.17) is 23.8 Å². The highest BCUT2D eigenvalue weighted by atomic mass is 35.5. The lowest BCUT2D eigenvalue weighted by Crippen LogP contribution is -2.40. The molecule has 2 N–H and O–H groups in total. The highest BCUT2D eigenvalue weighted by Crippen LogP contribution is 2.25. The van der Waals surface area contributed by atoms with E-state index in [2.05, 4.69) is 10.6 Å². The Balaban J connectivity index is 1.67. The molecule has 2 aromatic carbocycles. The van der Waals surface area contributed by atoms with E-state index in [1.807, 2.05) is 25.1 Å². The molecule has 5 nitrogen and oxygen atoms in total. The Morgan fingerprint density at radius 1 is 1.04 bits per heavy atom. The summed E-state index contributed by atoms with van der Waals surface area (Å²) < 4.78 is 0. The lowest BCUT2D eigenvalue weighted by molar-refractivity contribution is -0.129. The quantitative estimate of drug-likeness (QED) is 0.599. The first-order valence-corrected chi connectivity index (χ1v) is 9.03. The van der Waals surface area contributed by atoms with Crippen molar-refractivity contribution in [3.8, 4) is 0 Å². The van der Waals surface area contributed by atoms with Crippen molar-refractivity contribution in [3.63, 3.8) is 0 Å². The van der Waals surface area contributed by atoms with Gasteiger partial charge in [0, 0.05) is 29.2 Å². The van der Waals surface area contributed by atoms with Gasteiger partial charge in [-0.25, -0.2) is 0 Å². The summed E-state index contributed by atoms with van der Waals surface area (Å²) in [6, 6.07) is 12.6. The first kappa shape index (κ1) is 18.4. The summed E-state index contributed by atoms with van der Waals surface area (Å²) in [4.78, 5) is 25.2. The largest absolute Gasteiger partial charge is 0.332 e. The number of anilines is 3. The molecular formula is C19H18ClN3O2S. The Bertz CT molecular complexity index is 852. The van der Waals surface area contributed by atoms with Crippen molar-refractivity contribution >= 4 is 57.8 Å². The molecule has 1 heterocycles. The van der Waals surface area contributed by atoms with Gasteiger partial charge in [0.15, 0.2) is 5.11 Å². The van der Waals surface area contributed by atoms with Crippen molar-refractivity contribution in [1.82, 2.24) is 0 Å². The summed E-state index contributed by atoms with van der Waals surface area (Å²) in [7, 11) is 0. The second-order valence-corrected chi connectivity index (χ2v) is 6.83. The van der Waals surface area contributed by atoms with Gasteiger partial charge in [0.1, 0.15) is 0 Å². The third-order valence-corrected chi connectivity index (χ3v) is 4.79. The number of benzene rings is 2. The lowest BCUT2D eigenvalue weighted by Gasteiger charge is -2.25. The standard InChI is InChI=1S/C19H18ClN3O2S/c1-12-15(20)4-2-5-16(12)22-19(26)21-13-8-10-14(11-9-13)23-17(24)6-3-7-18(23)25/h2,4-5,8-11H,3,6-7H2,1H3,(H2,21,22,26). The molecule has 2 aromatic rings. The van der Waals surface area contributed by atoms with Crippen molar-refractivity contribution in [3.05, 3.63) is 53.1 Å². The molecule has 1 aliphatic rings. The fourth-order valence-electron chi connectivity index (χ4n) is 2.76. The number of nitrogens with one attached hydrogen (secondary N) is 2. The first-order valence-electron chi connectivity index (χ1n) is 8.24. The van der Waals surface area contributed by atoms with E-state index in [1.165, 1.54) is 4.90 Å². The topological polar surface area (TPSA) is 61.4 Å². The van der Waals surface area contributed by atoms with Gasteiger partial charge in [0.25, 0.3) is 0 Å². The number of piperidine rings is 1. The number of carbonyl (C=O) groups excluding carboxylic acids is 2. The molecule has 1 aliphatic heterocycles. The Morgan fingerprint density at radius 2 is 1.69 bits per heavy atom. The fourth-order valence-corrected chi connectivity index (χ4v) is 3.17. The van der Waals surface area contributed by atoms with Gasteiger partial charge in [-0.15, -0.1) is 0 Å². The monoisotopic (exact) mass is 387 g/mol. The SMILES string of the molecule is Cc1c(Cl)cccc1NC(=S)Nc1ccc(N2C(=O)CCCC2=O)cc1. The number of hydrogen-bond acceptors (Lipinski definition) is 3. The zero-order valence-electron chi connectivity index (χ0n) is 14.2. The van der Waals surface area contributed by atoms with Gasteiger partial charge in [-0.2, -0.15) is 0 Å². The maximum Gasteiger partial charge on any atom is 0.233 e. The Hall–Kier alpha value is -2.44. The molecule has 0 bridgehead atoms. The summed E-state index contributed by atoms with van der Waals surface area (Å²) in [5, 5.41) is 7.28. The number of nitrogens with zero attached hydrogens (tertiary/aromatic N) is 1. The number of thiocarbonyl (C=S) groups is 1. The highest BCUT2D eigenvalue weighted by molar-refractivity contribution is 7.80. The maximum absolute atomic E-state index is 12.0. The Labute approximate surface area is 162 Å².